The Bertz CT molecular complexity index is 1260. The van der Waals surface area contributed by atoms with Gasteiger partial charge in [0.1, 0.15) is 10.8 Å². The number of anilines is 5. The monoisotopic (exact) mass is 509 g/mol. The Morgan fingerprint density at radius 1 is 1.03 bits per heavy atom. The third-order valence-corrected chi connectivity index (χ3v) is 6.18. The van der Waals surface area contributed by atoms with E-state index in [-0.39, 0.29) is 22.4 Å². The zero-order valence-corrected chi connectivity index (χ0v) is 21.1. The van der Waals surface area contributed by atoms with Crippen LogP contribution >= 0.6 is 11.6 Å². The van der Waals surface area contributed by atoms with Crippen molar-refractivity contribution >= 4 is 52.1 Å². The normalized spacial score (nSPS) is 13.7. The second kappa shape index (κ2) is 11.2. The quantitative estimate of drug-likeness (QED) is 0.311. The molecule has 4 rings (SSSR count). The maximum absolute atomic E-state index is 12.5. The number of hydrogen-bond acceptors (Lipinski definition) is 9. The van der Waals surface area contributed by atoms with Crippen molar-refractivity contribution in [3.8, 4) is 5.75 Å². The Hall–Kier alpha value is -3.89. The summed E-state index contributed by atoms with van der Waals surface area (Å²) in [5.74, 6) is -0.176. The summed E-state index contributed by atoms with van der Waals surface area (Å²) in [6.07, 6.45) is 1.45. The van der Waals surface area contributed by atoms with Gasteiger partial charge in [-0.05, 0) is 31.3 Å². The lowest BCUT2D eigenvalue weighted by Gasteiger charge is -2.34. The molecule has 1 aromatic heterocycles. The lowest BCUT2D eigenvalue weighted by molar-refractivity contribution is -0.116. The first kappa shape index (κ1) is 25.2. The number of nitrogens with one attached hydrogen (secondary N) is 3. The summed E-state index contributed by atoms with van der Waals surface area (Å²) < 4.78 is 5.62. The van der Waals surface area contributed by atoms with Gasteiger partial charge in [0, 0.05) is 45.0 Å². The second-order valence-corrected chi connectivity index (χ2v) is 8.68. The van der Waals surface area contributed by atoms with Crippen molar-refractivity contribution in [2.45, 2.75) is 0 Å². The average Bonchev–Trinajstić information content (AvgIpc) is 2.90. The highest BCUT2D eigenvalue weighted by Gasteiger charge is 2.20. The number of carbonyl (C=O) groups is 2. The van der Waals surface area contributed by atoms with E-state index in [1.54, 1.807) is 31.4 Å². The highest BCUT2D eigenvalue weighted by molar-refractivity contribution is 6.44. The summed E-state index contributed by atoms with van der Waals surface area (Å²) in [6.45, 7) is 3.92. The number of para-hydroxylation sites is 1. The van der Waals surface area contributed by atoms with Gasteiger partial charge in [-0.1, -0.05) is 23.7 Å². The van der Waals surface area contributed by atoms with Crippen molar-refractivity contribution in [3.05, 3.63) is 59.2 Å². The minimum atomic E-state index is -0.715. The summed E-state index contributed by atoms with van der Waals surface area (Å²) in [4.78, 5) is 37.7. The largest absolute Gasteiger partial charge is 0.494 e. The highest BCUT2D eigenvalue weighted by atomic mass is 35.5. The van der Waals surface area contributed by atoms with Gasteiger partial charge in [0.15, 0.2) is 5.82 Å². The second-order valence-electron chi connectivity index (χ2n) is 8.27. The number of aromatic nitrogens is 2. The molecule has 188 valence electrons. The topological polar surface area (TPSA) is 112 Å². The minimum Gasteiger partial charge on any atom is -0.494 e. The predicted octanol–water partition coefficient (Wildman–Crippen LogP) is 3.31. The van der Waals surface area contributed by atoms with E-state index in [0.717, 1.165) is 31.9 Å². The van der Waals surface area contributed by atoms with Crippen LogP contribution in [0.2, 0.25) is 5.02 Å². The van der Waals surface area contributed by atoms with Crippen LogP contribution in [0.25, 0.3) is 0 Å². The molecule has 0 unspecified atom stereocenters. The zero-order chi connectivity index (χ0) is 25.7. The van der Waals surface area contributed by atoms with Gasteiger partial charge in [-0.15, -0.1) is 0 Å². The molecule has 1 fully saturated rings. The summed E-state index contributed by atoms with van der Waals surface area (Å²) in [7, 11) is 5.14. The van der Waals surface area contributed by atoms with Gasteiger partial charge >= 0.3 is 0 Å². The molecule has 10 nitrogen and oxygen atoms in total. The van der Waals surface area contributed by atoms with Gasteiger partial charge in [-0.2, -0.15) is 4.98 Å². The molecule has 2 heterocycles. The summed E-state index contributed by atoms with van der Waals surface area (Å²) in [6, 6.07) is 12.6. The fraction of sp³-hybridized carbons (Fsp3) is 0.280. The van der Waals surface area contributed by atoms with Gasteiger partial charge < -0.3 is 30.5 Å². The van der Waals surface area contributed by atoms with E-state index in [0.29, 0.717) is 17.1 Å². The van der Waals surface area contributed by atoms with Crippen LogP contribution in [0.1, 0.15) is 10.4 Å². The molecule has 3 aromatic rings. The lowest BCUT2D eigenvalue weighted by Crippen LogP contribution is -2.44. The molecule has 1 saturated heterocycles. The molecule has 1 aliphatic heterocycles. The Labute approximate surface area is 214 Å². The van der Waals surface area contributed by atoms with Crippen molar-refractivity contribution in [3.63, 3.8) is 0 Å². The number of piperazine rings is 1. The third kappa shape index (κ3) is 5.67. The Morgan fingerprint density at radius 3 is 2.50 bits per heavy atom. The fourth-order valence-corrected chi connectivity index (χ4v) is 3.97. The summed E-state index contributed by atoms with van der Waals surface area (Å²) >= 11 is 6.33. The Kier molecular flexibility index (Phi) is 7.87. The smallest absolute Gasteiger partial charge is 0.292 e. The minimum absolute atomic E-state index is 0.196. The van der Waals surface area contributed by atoms with Crippen molar-refractivity contribution in [2.75, 3.05) is 62.9 Å². The van der Waals surface area contributed by atoms with Crippen molar-refractivity contribution < 1.29 is 14.3 Å². The van der Waals surface area contributed by atoms with Gasteiger partial charge in [-0.3, -0.25) is 9.59 Å². The van der Waals surface area contributed by atoms with Crippen LogP contribution in [0.4, 0.5) is 28.8 Å². The van der Waals surface area contributed by atoms with E-state index in [1.165, 1.54) is 13.2 Å². The van der Waals surface area contributed by atoms with E-state index in [4.69, 9.17) is 16.3 Å². The Morgan fingerprint density at radius 2 is 1.78 bits per heavy atom. The molecule has 1 aliphatic rings. The molecule has 36 heavy (non-hydrogen) atoms. The number of carbonyl (C=O) groups excluding carboxylic acids is 2. The summed E-state index contributed by atoms with van der Waals surface area (Å²) in [5.41, 5.74) is 2.37. The molecule has 0 bridgehead atoms. The Balaban J connectivity index is 1.56. The molecule has 11 heteroatoms. The summed E-state index contributed by atoms with van der Waals surface area (Å²) in [5, 5.41) is 8.82. The van der Waals surface area contributed by atoms with Crippen LogP contribution in [0.3, 0.4) is 0 Å². The van der Waals surface area contributed by atoms with Crippen molar-refractivity contribution in [2.24, 2.45) is 0 Å². The van der Waals surface area contributed by atoms with E-state index in [9.17, 15) is 9.59 Å². The first-order chi connectivity index (χ1) is 17.4. The average molecular weight is 510 g/mol. The molecule has 0 spiro atoms. The third-order valence-electron chi connectivity index (χ3n) is 5.90. The van der Waals surface area contributed by atoms with Crippen molar-refractivity contribution in [1.29, 1.82) is 0 Å². The van der Waals surface area contributed by atoms with Crippen LogP contribution in [-0.4, -0.2) is 73.9 Å². The van der Waals surface area contributed by atoms with Crippen LogP contribution < -0.4 is 25.6 Å². The number of methoxy groups -OCH3 is 1. The maximum Gasteiger partial charge on any atom is 0.292 e. The van der Waals surface area contributed by atoms with E-state index in [1.807, 2.05) is 18.2 Å². The van der Waals surface area contributed by atoms with Crippen LogP contribution in [-0.2, 0) is 4.79 Å². The number of hydrogen-bond donors (Lipinski definition) is 3. The number of rotatable bonds is 8. The van der Waals surface area contributed by atoms with E-state index >= 15 is 0 Å². The molecule has 1 amide bonds. The number of nitrogens with zero attached hydrogens (tertiary/aromatic N) is 4. The zero-order valence-electron chi connectivity index (χ0n) is 20.3. The molecular weight excluding hydrogens is 482 g/mol. The number of amides is 1. The van der Waals surface area contributed by atoms with Gasteiger partial charge in [0.25, 0.3) is 11.7 Å². The SMILES string of the molecule is CNC(=O)C(=O)c1ccccc1Nc1nc(Nc2ccc(N3CCN(C)CC3)cc2OC)ncc1Cl. The first-order valence-corrected chi connectivity index (χ1v) is 11.8. The number of ketones is 1. The first-order valence-electron chi connectivity index (χ1n) is 11.4. The molecule has 2 aromatic carbocycles. The molecule has 0 aliphatic carbocycles. The van der Waals surface area contributed by atoms with Gasteiger partial charge in [0.05, 0.1) is 30.2 Å². The fourth-order valence-electron chi connectivity index (χ4n) is 3.83. The molecule has 3 N–H and O–H groups in total. The predicted molar refractivity (Wildman–Crippen MR) is 141 cm³/mol. The highest BCUT2D eigenvalue weighted by Crippen LogP contribution is 2.33. The van der Waals surface area contributed by atoms with E-state index in [2.05, 4.69) is 42.8 Å². The standard InChI is InChI=1S/C25H28ClN7O3/c1-27-24(35)22(34)17-6-4-5-7-19(17)29-23-18(26)15-28-25(31-23)30-20-9-8-16(14-21(20)36-3)33-12-10-32(2)11-13-33/h4-9,14-15H,10-13H2,1-3H3,(H,27,35)(H2,28,29,30,31). The van der Waals surface area contributed by atoms with Crippen LogP contribution in [0, 0.1) is 0 Å². The molecule has 0 saturated carbocycles. The maximum atomic E-state index is 12.5. The van der Waals surface area contributed by atoms with Gasteiger partial charge in [-0.25, -0.2) is 4.98 Å². The molecule has 0 atom stereocenters. The van der Waals surface area contributed by atoms with Crippen LogP contribution in [0.5, 0.6) is 5.75 Å². The number of likely N-dealkylation sites (N-methyl/N-ethyl adjacent to an activating group) is 2. The van der Waals surface area contributed by atoms with E-state index < -0.39 is 11.7 Å². The number of ether oxygens (including phenoxy) is 1. The number of halogens is 1. The van der Waals surface area contributed by atoms with Gasteiger partial charge in [0.2, 0.25) is 5.95 Å². The van der Waals surface area contributed by atoms with Crippen molar-refractivity contribution in [1.82, 2.24) is 20.2 Å². The lowest BCUT2D eigenvalue weighted by atomic mass is 10.1. The molecule has 0 radical (unpaired) electrons. The molecular formula is C25H28ClN7O3. The number of benzene rings is 2. The number of Topliss-reactive ketones (excluding diaryl/α,β-unsaturated/α-hetero) is 1. The van der Waals surface area contributed by atoms with Crippen LogP contribution in [0.15, 0.2) is 48.7 Å².